The van der Waals surface area contributed by atoms with E-state index in [1.807, 2.05) is 0 Å². The molecule has 0 fully saturated rings. The average molecular weight is 242 g/mol. The number of rotatable bonds is 12. The van der Waals surface area contributed by atoms with Crippen molar-refractivity contribution in [1.82, 2.24) is 0 Å². The van der Waals surface area contributed by atoms with Crippen molar-refractivity contribution in [3.8, 4) is 0 Å². The predicted molar refractivity (Wildman–Crippen MR) is 73.3 cm³/mol. The predicted octanol–water partition coefficient (Wildman–Crippen LogP) is 5.02. The molecule has 17 heavy (non-hydrogen) atoms. The lowest BCUT2D eigenvalue weighted by Crippen LogP contribution is -1.96. The van der Waals surface area contributed by atoms with Gasteiger partial charge in [-0.2, -0.15) is 0 Å². The first-order chi connectivity index (χ1) is 8.20. The number of hydrogen-bond acceptors (Lipinski definition) is 1. The number of carboxylic acids is 1. The summed E-state index contributed by atoms with van der Waals surface area (Å²) < 4.78 is 0. The summed E-state index contributed by atoms with van der Waals surface area (Å²) in [5.74, 6) is 0.278. The van der Waals surface area contributed by atoms with Crippen LogP contribution in [0.15, 0.2) is 0 Å². The van der Waals surface area contributed by atoms with E-state index in [4.69, 9.17) is 5.11 Å². The Hall–Kier alpha value is -0.530. The molecule has 0 aliphatic heterocycles. The third-order valence-corrected chi connectivity index (χ3v) is 3.66. The number of carbonyl (C=O) groups is 1. The molecule has 0 atom stereocenters. The lowest BCUT2D eigenvalue weighted by Gasteiger charge is -2.11. The van der Waals surface area contributed by atoms with Crippen molar-refractivity contribution < 1.29 is 9.90 Å². The highest BCUT2D eigenvalue weighted by molar-refractivity contribution is 5.66. The summed E-state index contributed by atoms with van der Waals surface area (Å²) in [7, 11) is 0. The number of unbranched alkanes of at least 4 members (excludes halogenated alkanes) is 6. The Morgan fingerprint density at radius 3 is 1.82 bits per heavy atom. The summed E-state index contributed by atoms with van der Waals surface area (Å²) in [5, 5.41) is 8.48. The van der Waals surface area contributed by atoms with Gasteiger partial charge in [0.25, 0.3) is 0 Å². The van der Waals surface area contributed by atoms with Gasteiger partial charge in [-0.15, -0.1) is 0 Å². The molecule has 2 nitrogen and oxygen atoms in total. The molecule has 102 valence electrons. The molecular weight excluding hydrogens is 212 g/mol. The van der Waals surface area contributed by atoms with E-state index in [2.05, 4.69) is 13.8 Å². The van der Waals surface area contributed by atoms with Crippen molar-refractivity contribution >= 4 is 5.97 Å². The topological polar surface area (TPSA) is 37.3 Å². The summed E-state index contributed by atoms with van der Waals surface area (Å²) in [6, 6.07) is 0. The summed E-state index contributed by atoms with van der Waals surface area (Å²) in [4.78, 5) is 10.3. The number of hydrogen-bond donors (Lipinski definition) is 1. The minimum absolute atomic E-state index is 0.342. The Kier molecular flexibility index (Phi) is 11.6. The van der Waals surface area contributed by atoms with Gasteiger partial charge < -0.3 is 5.11 Å². The lowest BCUT2D eigenvalue weighted by atomic mass is 9.95. The maximum atomic E-state index is 10.3. The average Bonchev–Trinajstić information content (AvgIpc) is 2.31. The van der Waals surface area contributed by atoms with E-state index in [1.54, 1.807) is 0 Å². The lowest BCUT2D eigenvalue weighted by molar-refractivity contribution is -0.137. The molecule has 0 rings (SSSR count). The Labute approximate surface area is 107 Å². The van der Waals surface area contributed by atoms with Crippen molar-refractivity contribution in [2.75, 3.05) is 0 Å². The highest BCUT2D eigenvalue weighted by Gasteiger charge is 2.02. The normalized spacial score (nSPS) is 11.0. The zero-order chi connectivity index (χ0) is 12.9. The first-order valence-electron chi connectivity index (χ1n) is 7.42. The smallest absolute Gasteiger partial charge is 0.303 e. The van der Waals surface area contributed by atoms with Gasteiger partial charge in [-0.1, -0.05) is 71.6 Å². The van der Waals surface area contributed by atoms with E-state index >= 15 is 0 Å². The summed E-state index contributed by atoms with van der Waals surface area (Å²) in [5.41, 5.74) is 0. The molecule has 0 radical (unpaired) electrons. The van der Waals surface area contributed by atoms with Crippen LogP contribution in [-0.4, -0.2) is 11.1 Å². The van der Waals surface area contributed by atoms with Gasteiger partial charge in [0.15, 0.2) is 0 Å². The van der Waals surface area contributed by atoms with Gasteiger partial charge in [-0.05, 0) is 12.3 Å². The highest BCUT2D eigenvalue weighted by atomic mass is 16.4. The molecule has 0 aromatic rings. The highest BCUT2D eigenvalue weighted by Crippen LogP contribution is 2.17. The van der Waals surface area contributed by atoms with Gasteiger partial charge in [0.05, 0.1) is 0 Å². The molecule has 0 bridgehead atoms. The van der Waals surface area contributed by atoms with Crippen LogP contribution in [0.3, 0.4) is 0 Å². The van der Waals surface area contributed by atoms with E-state index in [9.17, 15) is 4.79 Å². The molecule has 0 aromatic carbocycles. The molecule has 0 saturated heterocycles. The van der Waals surface area contributed by atoms with Gasteiger partial charge in [0.1, 0.15) is 0 Å². The fourth-order valence-corrected chi connectivity index (χ4v) is 2.29. The molecule has 0 unspecified atom stereocenters. The minimum atomic E-state index is -0.657. The van der Waals surface area contributed by atoms with Crippen LogP contribution in [0.25, 0.3) is 0 Å². The van der Waals surface area contributed by atoms with Crippen LogP contribution < -0.4 is 0 Å². The van der Waals surface area contributed by atoms with Crippen LogP contribution in [0.2, 0.25) is 0 Å². The zero-order valence-corrected chi connectivity index (χ0v) is 11.7. The summed E-state index contributed by atoms with van der Waals surface area (Å²) >= 11 is 0. The fraction of sp³-hybridized carbons (Fsp3) is 0.933. The van der Waals surface area contributed by atoms with Crippen LogP contribution in [0.5, 0.6) is 0 Å². The Morgan fingerprint density at radius 2 is 1.35 bits per heavy atom. The van der Waals surface area contributed by atoms with Crippen LogP contribution >= 0.6 is 0 Å². The van der Waals surface area contributed by atoms with Crippen LogP contribution in [0.1, 0.15) is 84.5 Å². The molecule has 0 aromatic heterocycles. The Bertz CT molecular complexity index is 174. The zero-order valence-electron chi connectivity index (χ0n) is 11.7. The maximum Gasteiger partial charge on any atom is 0.303 e. The monoisotopic (exact) mass is 242 g/mol. The van der Waals surface area contributed by atoms with E-state index in [0.29, 0.717) is 6.42 Å². The third kappa shape index (κ3) is 11.7. The molecule has 0 heterocycles. The molecule has 0 spiro atoms. The van der Waals surface area contributed by atoms with Crippen molar-refractivity contribution in [3.63, 3.8) is 0 Å². The van der Waals surface area contributed by atoms with E-state index in [-0.39, 0.29) is 0 Å². The first-order valence-corrected chi connectivity index (χ1v) is 7.42. The van der Waals surface area contributed by atoms with Gasteiger partial charge in [-0.3, -0.25) is 4.79 Å². The minimum Gasteiger partial charge on any atom is -0.481 e. The molecule has 0 aliphatic carbocycles. The van der Waals surface area contributed by atoms with E-state index in [1.165, 1.54) is 51.4 Å². The van der Waals surface area contributed by atoms with Gasteiger partial charge >= 0.3 is 5.97 Å². The van der Waals surface area contributed by atoms with Gasteiger partial charge in [-0.25, -0.2) is 0 Å². The second kappa shape index (κ2) is 11.9. The van der Waals surface area contributed by atoms with Gasteiger partial charge in [0, 0.05) is 6.42 Å². The second-order valence-corrected chi connectivity index (χ2v) is 5.09. The van der Waals surface area contributed by atoms with Crippen LogP contribution in [-0.2, 0) is 4.79 Å². The first kappa shape index (κ1) is 16.5. The molecule has 0 amide bonds. The Morgan fingerprint density at radius 1 is 0.882 bits per heavy atom. The van der Waals surface area contributed by atoms with Crippen molar-refractivity contribution in [2.24, 2.45) is 5.92 Å². The van der Waals surface area contributed by atoms with Crippen molar-refractivity contribution in [3.05, 3.63) is 0 Å². The van der Waals surface area contributed by atoms with Crippen LogP contribution in [0.4, 0.5) is 0 Å². The van der Waals surface area contributed by atoms with Crippen molar-refractivity contribution in [2.45, 2.75) is 84.5 Å². The summed E-state index contributed by atoms with van der Waals surface area (Å²) in [6.45, 7) is 4.58. The number of aliphatic carboxylic acids is 1. The van der Waals surface area contributed by atoms with Crippen LogP contribution in [0, 0.1) is 5.92 Å². The standard InChI is InChI=1S/C15H30O2/c1-3-14(4-2)12-10-8-6-5-7-9-11-13-15(16)17/h14H,3-13H2,1-2H3,(H,16,17). The molecule has 0 saturated carbocycles. The van der Waals surface area contributed by atoms with Gasteiger partial charge in [0.2, 0.25) is 0 Å². The van der Waals surface area contributed by atoms with Crippen molar-refractivity contribution in [1.29, 1.82) is 0 Å². The van der Waals surface area contributed by atoms with E-state index < -0.39 is 5.97 Å². The number of carboxylic acid groups (broad SMARTS) is 1. The summed E-state index contributed by atoms with van der Waals surface area (Å²) in [6.07, 6.45) is 12.9. The third-order valence-electron chi connectivity index (χ3n) is 3.66. The maximum absolute atomic E-state index is 10.3. The van der Waals surface area contributed by atoms with E-state index in [0.717, 1.165) is 18.8 Å². The largest absolute Gasteiger partial charge is 0.481 e. The quantitative estimate of drug-likeness (QED) is 0.488. The molecule has 2 heteroatoms. The fourth-order valence-electron chi connectivity index (χ4n) is 2.29. The second-order valence-electron chi connectivity index (χ2n) is 5.09. The molecule has 1 N–H and O–H groups in total. The molecular formula is C15H30O2. The molecule has 0 aliphatic rings. The Balaban J connectivity index is 3.10. The SMILES string of the molecule is CCC(CC)CCCCCCCCCC(=O)O.